The van der Waals surface area contributed by atoms with Crippen LogP contribution >= 0.6 is 0 Å². The van der Waals surface area contributed by atoms with Gasteiger partial charge in [0.2, 0.25) is 0 Å². The van der Waals surface area contributed by atoms with Gasteiger partial charge in [0.05, 0.1) is 0 Å². The van der Waals surface area contributed by atoms with Gasteiger partial charge in [-0.2, -0.15) is 0 Å². The van der Waals surface area contributed by atoms with Gasteiger partial charge in [-0.25, -0.2) is 0 Å². The minimum Gasteiger partial charge on any atom is -0.657 e. The zero-order chi connectivity index (χ0) is 36.5. The number of rotatable bonds is 6. The first-order valence-electron chi connectivity index (χ1n) is 18.9. The van der Waals surface area contributed by atoms with Gasteiger partial charge in [0, 0.05) is 45.1 Å². The van der Waals surface area contributed by atoms with Crippen molar-refractivity contribution >= 4 is 34.1 Å². The predicted octanol–water partition coefficient (Wildman–Crippen LogP) is 15.3. The monoisotopic (exact) mass is 878 g/mol. The molecule has 1 radical (unpaired) electrons. The number of benzene rings is 6. The van der Waals surface area contributed by atoms with Crippen LogP contribution in [-0.4, -0.2) is 0 Å². The zero-order valence-electron chi connectivity index (χ0n) is 32.2. The summed E-state index contributed by atoms with van der Waals surface area (Å²) in [6, 6.07) is 47.7. The molecule has 0 saturated heterocycles. The van der Waals surface area contributed by atoms with Gasteiger partial charge in [-0.3, -0.25) is 0 Å². The smallest absolute Gasteiger partial charge is 0.0345 e. The Bertz CT molecular complexity index is 1990. The zero-order valence-corrected chi connectivity index (χ0v) is 34.4. The molecule has 6 aromatic carbocycles. The molecule has 2 aliphatic rings. The van der Waals surface area contributed by atoms with Crippen molar-refractivity contribution in [2.75, 3.05) is 9.80 Å². The van der Waals surface area contributed by atoms with Crippen LogP contribution in [0.1, 0.15) is 101 Å². The predicted molar refractivity (Wildman–Crippen MR) is 224 cm³/mol. The van der Waals surface area contributed by atoms with Crippen LogP contribution in [0.2, 0.25) is 0 Å². The molecule has 2 heterocycles. The molecular formula is C49H51AuN3-2. The number of hydrogen-bond donors (Lipinski definition) is 0. The molecule has 0 unspecified atom stereocenters. The van der Waals surface area contributed by atoms with Crippen molar-refractivity contribution in [2.45, 2.75) is 79.1 Å². The molecule has 0 N–H and O–H groups in total. The SMILES string of the molecule is CC(C)c1cccc(C(C)C)c1N1[CH-]N(c2c(C(C)C)cccc2C(C)C)c2ccccc21.[Au].c1ccc2c(c1)[N-]c1ccccc1-c1ccccc1-2. The Hall–Kier alpha value is -4.54. The fraction of sp³-hybridized carbons (Fsp3) is 0.245. The molecule has 0 fully saturated rings. The molecule has 53 heavy (non-hydrogen) atoms. The Labute approximate surface area is 333 Å². The van der Waals surface area contributed by atoms with Crippen LogP contribution in [0.25, 0.3) is 27.6 Å². The Balaban J connectivity index is 0.000000203. The second-order valence-corrected chi connectivity index (χ2v) is 15.2. The molecular weight excluding hydrogens is 828 g/mol. The maximum atomic E-state index is 4.82. The van der Waals surface area contributed by atoms with Crippen LogP contribution in [0.15, 0.2) is 133 Å². The van der Waals surface area contributed by atoms with Gasteiger partial charge in [0.15, 0.2) is 0 Å². The van der Waals surface area contributed by atoms with Crippen LogP contribution in [-0.2, 0) is 22.4 Å². The van der Waals surface area contributed by atoms with E-state index in [1.54, 1.807) is 0 Å². The Morgan fingerprint density at radius 3 is 1.02 bits per heavy atom. The summed E-state index contributed by atoms with van der Waals surface area (Å²) in [5, 5.41) is 4.82. The third-order valence-electron chi connectivity index (χ3n) is 10.4. The average Bonchev–Trinajstić information content (AvgIpc) is 3.46. The minimum atomic E-state index is 0. The van der Waals surface area contributed by atoms with Gasteiger partial charge in [-0.1, -0.05) is 177 Å². The fourth-order valence-electron chi connectivity index (χ4n) is 7.73. The number of fused-ring (bicyclic) bond motifs is 6. The van der Waals surface area contributed by atoms with Crippen molar-refractivity contribution in [3.05, 3.63) is 168 Å². The molecule has 0 atom stereocenters. The summed E-state index contributed by atoms with van der Waals surface area (Å²) in [6.45, 7) is 20.7. The summed E-state index contributed by atoms with van der Waals surface area (Å²) in [5.74, 6) is 1.79. The van der Waals surface area contributed by atoms with Crippen molar-refractivity contribution in [3.8, 4) is 22.3 Å². The first kappa shape index (κ1) is 38.2. The van der Waals surface area contributed by atoms with E-state index in [0.29, 0.717) is 23.7 Å². The first-order chi connectivity index (χ1) is 25.2. The Morgan fingerprint density at radius 2 is 0.679 bits per heavy atom. The molecule has 3 nitrogen and oxygen atoms in total. The summed E-state index contributed by atoms with van der Waals surface area (Å²) in [6.07, 6.45) is 0. The van der Waals surface area contributed by atoms with Crippen LogP contribution in [0.5, 0.6) is 0 Å². The van der Waals surface area contributed by atoms with E-state index >= 15 is 0 Å². The van der Waals surface area contributed by atoms with E-state index in [-0.39, 0.29) is 22.4 Å². The topological polar surface area (TPSA) is 20.6 Å². The second-order valence-electron chi connectivity index (χ2n) is 15.2. The third kappa shape index (κ3) is 7.36. The number of nitrogens with zero attached hydrogens (tertiary/aromatic N) is 3. The maximum Gasteiger partial charge on any atom is 0.0345 e. The van der Waals surface area contributed by atoms with Crippen molar-refractivity contribution in [1.82, 2.24) is 0 Å². The van der Waals surface area contributed by atoms with E-state index in [2.05, 4.69) is 193 Å². The Kier molecular flexibility index (Phi) is 11.7. The normalized spacial score (nSPS) is 12.7. The molecule has 275 valence electrons. The molecule has 0 saturated carbocycles. The van der Waals surface area contributed by atoms with Crippen molar-refractivity contribution in [2.24, 2.45) is 0 Å². The summed E-state index contributed by atoms with van der Waals surface area (Å²) < 4.78 is 0. The van der Waals surface area contributed by atoms with E-state index in [4.69, 9.17) is 5.32 Å². The van der Waals surface area contributed by atoms with Crippen LogP contribution < -0.4 is 9.80 Å². The summed E-state index contributed by atoms with van der Waals surface area (Å²) >= 11 is 0. The van der Waals surface area contributed by atoms with E-state index in [9.17, 15) is 0 Å². The molecule has 0 bridgehead atoms. The van der Waals surface area contributed by atoms with Gasteiger partial charge >= 0.3 is 0 Å². The van der Waals surface area contributed by atoms with E-state index in [1.807, 2.05) is 12.1 Å². The Morgan fingerprint density at radius 1 is 0.377 bits per heavy atom. The van der Waals surface area contributed by atoms with Gasteiger partial charge in [-0.15, -0.1) is 18.0 Å². The van der Waals surface area contributed by atoms with E-state index in [0.717, 1.165) is 11.4 Å². The van der Waals surface area contributed by atoms with Crippen molar-refractivity contribution < 1.29 is 22.4 Å². The van der Waals surface area contributed by atoms with Crippen LogP contribution in [0.3, 0.4) is 0 Å². The molecule has 4 heteroatoms. The fourth-order valence-corrected chi connectivity index (χ4v) is 7.73. The quantitative estimate of drug-likeness (QED) is 0.123. The molecule has 8 rings (SSSR count). The van der Waals surface area contributed by atoms with Gasteiger partial charge in [0.1, 0.15) is 0 Å². The molecule has 6 aromatic rings. The summed E-state index contributed by atoms with van der Waals surface area (Å²) in [5.41, 5.74) is 17.8. The number of anilines is 4. The average molecular weight is 879 g/mol. The van der Waals surface area contributed by atoms with E-state index < -0.39 is 0 Å². The van der Waals surface area contributed by atoms with Gasteiger partial charge < -0.3 is 15.1 Å². The number of hydrogen-bond acceptors (Lipinski definition) is 2. The van der Waals surface area contributed by atoms with Gasteiger partial charge in [0.25, 0.3) is 0 Å². The second kappa shape index (κ2) is 16.2. The number of para-hydroxylation sites is 6. The minimum absolute atomic E-state index is 0. The first-order valence-corrected chi connectivity index (χ1v) is 18.9. The standard InChI is InChI=1S/C31H39N2.C18H12N.Au/c1-20(2)24-13-11-14-25(21(3)4)30(24)32-19-33(29-18-10-9-17-28(29)32)31-26(22(5)6)15-12-16-27(31)23(7)8;1-2-8-14-13(7-1)15-9-3-5-11-17(15)19-18-12-6-4-10-16(14)18;/h9-23H,1-8H3;1-12H;/q2*-1;. The van der Waals surface area contributed by atoms with Crippen LogP contribution in [0.4, 0.5) is 34.1 Å². The molecule has 0 aromatic heterocycles. The van der Waals surface area contributed by atoms with Crippen LogP contribution in [0, 0.1) is 6.67 Å². The molecule has 0 spiro atoms. The third-order valence-corrected chi connectivity index (χ3v) is 10.4. The van der Waals surface area contributed by atoms with Crippen molar-refractivity contribution in [1.29, 1.82) is 0 Å². The summed E-state index contributed by atoms with van der Waals surface area (Å²) in [4.78, 5) is 4.89. The largest absolute Gasteiger partial charge is 0.657 e. The van der Waals surface area contributed by atoms with Gasteiger partial charge in [-0.05, 0) is 80.3 Å². The molecule has 2 aliphatic heterocycles. The summed E-state index contributed by atoms with van der Waals surface area (Å²) in [7, 11) is 0. The maximum absolute atomic E-state index is 4.82. The molecule has 0 amide bonds. The van der Waals surface area contributed by atoms with E-state index in [1.165, 1.54) is 67.3 Å². The van der Waals surface area contributed by atoms with Crippen molar-refractivity contribution in [3.63, 3.8) is 0 Å². The molecule has 0 aliphatic carbocycles.